The van der Waals surface area contributed by atoms with E-state index in [0.29, 0.717) is 42.2 Å². The molecule has 1 aliphatic heterocycles. The van der Waals surface area contributed by atoms with Crippen LogP contribution in [0.4, 0.5) is 0 Å². The number of Topliss-reactive ketones (excluding diaryl/α,β-unsaturated/α-hetero) is 1. The first kappa shape index (κ1) is 21.1. The summed E-state index contributed by atoms with van der Waals surface area (Å²) < 4.78 is 11.8. The second-order valence-electron chi connectivity index (χ2n) is 7.27. The molecule has 0 bridgehead atoms. The summed E-state index contributed by atoms with van der Waals surface area (Å²) >= 11 is 6.47. The lowest BCUT2D eigenvalue weighted by Gasteiger charge is -2.19. The van der Waals surface area contributed by atoms with Crippen LogP contribution in [0.15, 0.2) is 36.5 Å². The fraction of sp³-hybridized carbons (Fsp3) is 0.409. The lowest BCUT2D eigenvalue weighted by Crippen LogP contribution is -2.12. The van der Waals surface area contributed by atoms with Gasteiger partial charge in [-0.15, -0.1) is 0 Å². The topological polar surface area (TPSA) is 85.7 Å². The molecule has 29 heavy (non-hydrogen) atoms. The number of hydrogen-bond donors (Lipinski definition) is 1. The number of hydrogen-bond acceptors (Lipinski definition) is 5. The van der Waals surface area contributed by atoms with Crippen molar-refractivity contribution in [2.75, 3.05) is 6.61 Å². The normalized spacial score (nSPS) is 17.9. The number of carboxylic acid groups (broad SMARTS) is 1. The first-order chi connectivity index (χ1) is 13.9. The van der Waals surface area contributed by atoms with Gasteiger partial charge in [-0.2, -0.15) is 0 Å². The van der Waals surface area contributed by atoms with E-state index in [-0.39, 0.29) is 30.8 Å². The minimum atomic E-state index is -0.835. The van der Waals surface area contributed by atoms with E-state index in [0.717, 1.165) is 11.3 Å². The molecule has 1 N–H and O–H groups in total. The smallest absolute Gasteiger partial charge is 0.303 e. The van der Waals surface area contributed by atoms with Crippen LogP contribution in [0.2, 0.25) is 5.02 Å². The summed E-state index contributed by atoms with van der Waals surface area (Å²) in [5, 5.41) is 9.44. The van der Waals surface area contributed by atoms with Crippen LogP contribution in [0.5, 0.6) is 11.5 Å². The van der Waals surface area contributed by atoms with Gasteiger partial charge in [0.1, 0.15) is 24.2 Å². The maximum absolute atomic E-state index is 12.1. The Kier molecular flexibility index (Phi) is 7.09. The minimum absolute atomic E-state index is 0.00236. The number of benzene rings is 1. The monoisotopic (exact) mass is 417 g/mol. The molecular formula is C22H24ClNO5. The van der Waals surface area contributed by atoms with E-state index in [1.165, 1.54) is 0 Å². The highest BCUT2D eigenvalue weighted by Crippen LogP contribution is 2.37. The van der Waals surface area contributed by atoms with E-state index in [4.69, 9.17) is 26.2 Å². The van der Waals surface area contributed by atoms with Crippen molar-refractivity contribution in [3.8, 4) is 11.5 Å². The Morgan fingerprint density at radius 1 is 1.41 bits per heavy atom. The van der Waals surface area contributed by atoms with Gasteiger partial charge in [0.05, 0.1) is 10.7 Å². The number of halogens is 1. The quantitative estimate of drug-likeness (QED) is 0.736. The van der Waals surface area contributed by atoms with Gasteiger partial charge in [-0.05, 0) is 55.9 Å². The molecule has 0 aliphatic carbocycles. The van der Waals surface area contributed by atoms with E-state index in [1.54, 1.807) is 18.3 Å². The third kappa shape index (κ3) is 5.94. The molecule has 154 valence electrons. The average Bonchev–Trinajstić information content (AvgIpc) is 2.77. The van der Waals surface area contributed by atoms with Gasteiger partial charge in [-0.1, -0.05) is 17.7 Å². The Morgan fingerprint density at radius 3 is 2.97 bits per heavy atom. The van der Waals surface area contributed by atoms with Crippen molar-refractivity contribution in [1.29, 1.82) is 0 Å². The number of ether oxygens (including phenoxy) is 2. The highest BCUT2D eigenvalue weighted by atomic mass is 35.5. The summed E-state index contributed by atoms with van der Waals surface area (Å²) in [6, 6.07) is 9.10. The highest BCUT2D eigenvalue weighted by molar-refractivity contribution is 6.32. The van der Waals surface area contributed by atoms with Crippen molar-refractivity contribution in [1.82, 2.24) is 4.98 Å². The first-order valence-electron chi connectivity index (χ1n) is 9.68. The van der Waals surface area contributed by atoms with E-state index >= 15 is 0 Å². The Morgan fingerprint density at radius 2 is 2.24 bits per heavy atom. The van der Waals surface area contributed by atoms with Crippen LogP contribution in [-0.2, 0) is 16.0 Å². The van der Waals surface area contributed by atoms with Gasteiger partial charge in [-0.25, -0.2) is 0 Å². The molecule has 0 saturated heterocycles. The molecule has 0 fully saturated rings. The third-order valence-electron chi connectivity index (χ3n) is 5.02. The van der Waals surface area contributed by atoms with E-state index < -0.39 is 5.97 Å². The fourth-order valence-electron chi connectivity index (χ4n) is 3.41. The minimum Gasteiger partial charge on any atom is -0.485 e. The molecule has 2 aromatic rings. The molecule has 0 amide bonds. The summed E-state index contributed by atoms with van der Waals surface area (Å²) in [5.74, 6) is 0.242. The standard InChI is InChI=1S/C22H24ClNO5/c1-14(19-4-2-3-9-24-19)29-21-12-20-16(11-18(21)23)10-15(6-8-22(26)27)5-7-17(25)13-28-20/h2-4,9,11-12,14-15H,5-8,10,13H2,1H3,(H,26,27)/t14-,15?/m1/s1. The van der Waals surface area contributed by atoms with Gasteiger partial charge in [-0.3, -0.25) is 14.6 Å². The number of carbonyl (C=O) groups excluding carboxylic acids is 1. The van der Waals surface area contributed by atoms with Crippen LogP contribution >= 0.6 is 11.6 Å². The number of nitrogens with zero attached hydrogens (tertiary/aromatic N) is 1. The van der Waals surface area contributed by atoms with Crippen LogP contribution in [0.3, 0.4) is 0 Å². The van der Waals surface area contributed by atoms with Gasteiger partial charge in [0, 0.05) is 25.1 Å². The maximum Gasteiger partial charge on any atom is 0.303 e. The zero-order valence-corrected chi connectivity index (χ0v) is 17.0. The van der Waals surface area contributed by atoms with Gasteiger partial charge >= 0.3 is 5.97 Å². The Balaban J connectivity index is 1.83. The molecule has 1 aliphatic rings. The molecule has 6 nitrogen and oxygen atoms in total. The molecular weight excluding hydrogens is 394 g/mol. The molecule has 0 spiro atoms. The second kappa shape index (κ2) is 9.74. The Labute approximate surface area is 174 Å². The summed E-state index contributed by atoms with van der Waals surface area (Å²) in [7, 11) is 0. The van der Waals surface area contributed by atoms with Crippen LogP contribution < -0.4 is 9.47 Å². The largest absolute Gasteiger partial charge is 0.485 e. The van der Waals surface area contributed by atoms with Crippen LogP contribution in [0.25, 0.3) is 0 Å². The molecule has 1 unspecified atom stereocenters. The number of rotatable bonds is 6. The predicted octanol–water partition coefficient (Wildman–Crippen LogP) is 4.64. The van der Waals surface area contributed by atoms with E-state index in [2.05, 4.69) is 4.98 Å². The van der Waals surface area contributed by atoms with Crippen molar-refractivity contribution >= 4 is 23.4 Å². The number of aliphatic carboxylic acids is 1. The van der Waals surface area contributed by atoms with Gasteiger partial charge in [0.2, 0.25) is 0 Å². The van der Waals surface area contributed by atoms with E-state index in [1.807, 2.05) is 25.1 Å². The number of fused-ring (bicyclic) bond motifs is 1. The first-order valence-corrected chi connectivity index (χ1v) is 10.1. The number of pyridine rings is 1. The lowest BCUT2D eigenvalue weighted by molar-refractivity contribution is -0.137. The zero-order valence-electron chi connectivity index (χ0n) is 16.3. The van der Waals surface area contributed by atoms with Gasteiger partial charge in [0.25, 0.3) is 0 Å². The fourth-order valence-corrected chi connectivity index (χ4v) is 3.64. The molecule has 0 saturated carbocycles. The van der Waals surface area contributed by atoms with Crippen LogP contribution in [0, 0.1) is 5.92 Å². The second-order valence-corrected chi connectivity index (χ2v) is 7.68. The van der Waals surface area contributed by atoms with Crippen LogP contribution in [0.1, 0.15) is 50.0 Å². The zero-order chi connectivity index (χ0) is 20.8. The number of aromatic nitrogens is 1. The third-order valence-corrected chi connectivity index (χ3v) is 5.31. The molecule has 3 rings (SSSR count). The summed E-state index contributed by atoms with van der Waals surface area (Å²) in [6.45, 7) is 1.86. The molecule has 7 heteroatoms. The van der Waals surface area contributed by atoms with Crippen molar-refractivity contribution in [2.45, 2.75) is 45.1 Å². The van der Waals surface area contributed by atoms with E-state index in [9.17, 15) is 9.59 Å². The van der Waals surface area contributed by atoms with Crippen molar-refractivity contribution in [3.05, 3.63) is 52.8 Å². The van der Waals surface area contributed by atoms with Crippen molar-refractivity contribution in [2.24, 2.45) is 5.92 Å². The Bertz CT molecular complexity index is 871. The van der Waals surface area contributed by atoms with Gasteiger partial charge < -0.3 is 14.6 Å². The molecule has 2 atom stereocenters. The highest BCUT2D eigenvalue weighted by Gasteiger charge is 2.22. The number of carbonyl (C=O) groups is 2. The summed E-state index contributed by atoms with van der Waals surface area (Å²) in [4.78, 5) is 27.3. The number of carboxylic acids is 1. The predicted molar refractivity (Wildman–Crippen MR) is 109 cm³/mol. The lowest BCUT2D eigenvalue weighted by atomic mass is 9.90. The molecule has 2 heterocycles. The number of ketones is 1. The SMILES string of the molecule is C[C@@H](Oc1cc2c(cc1Cl)CC(CCC(=O)O)CCC(=O)CO2)c1ccccn1. The van der Waals surface area contributed by atoms with Crippen molar-refractivity contribution < 1.29 is 24.2 Å². The Hall–Kier alpha value is -2.60. The average molecular weight is 418 g/mol. The van der Waals surface area contributed by atoms with Crippen molar-refractivity contribution in [3.63, 3.8) is 0 Å². The summed E-state index contributed by atoms with van der Waals surface area (Å²) in [5.41, 5.74) is 1.63. The molecule has 0 radical (unpaired) electrons. The molecule has 1 aromatic heterocycles. The van der Waals surface area contributed by atoms with Gasteiger partial charge in [0.15, 0.2) is 5.78 Å². The summed E-state index contributed by atoms with van der Waals surface area (Å²) in [6.07, 6.45) is 3.60. The molecule has 1 aromatic carbocycles. The maximum atomic E-state index is 12.1. The van der Waals surface area contributed by atoms with Crippen LogP contribution in [-0.4, -0.2) is 28.4 Å².